The third-order valence-electron chi connectivity index (χ3n) is 3.24. The number of ether oxygens (including phenoxy) is 1. The van der Waals surface area contributed by atoms with Gasteiger partial charge in [0.2, 0.25) is 5.91 Å². The first-order chi connectivity index (χ1) is 10.1. The summed E-state index contributed by atoms with van der Waals surface area (Å²) in [6.07, 6.45) is 0.691. The number of carbonyl (C=O) groups is 2. The summed E-state index contributed by atoms with van der Waals surface area (Å²) in [5.41, 5.74) is 0.953. The number of hydrogen-bond donors (Lipinski definition) is 1. The highest BCUT2D eigenvalue weighted by Gasteiger charge is 2.30. The van der Waals surface area contributed by atoms with Crippen LogP contribution in [0.5, 0.6) is 5.75 Å². The molecule has 114 valence electrons. The Labute approximate surface area is 128 Å². The zero-order valence-electron chi connectivity index (χ0n) is 11.9. The first-order valence-corrected chi connectivity index (χ1v) is 8.02. The van der Waals surface area contributed by atoms with Gasteiger partial charge >= 0.3 is 5.97 Å². The summed E-state index contributed by atoms with van der Waals surface area (Å²) in [5, 5.41) is 9.25. The van der Waals surface area contributed by atoms with Crippen LogP contribution < -0.4 is 0 Å². The monoisotopic (exact) mass is 309 g/mol. The lowest BCUT2D eigenvalue weighted by Crippen LogP contribution is -2.38. The summed E-state index contributed by atoms with van der Waals surface area (Å²) < 4.78 is 4.91. The van der Waals surface area contributed by atoms with E-state index in [9.17, 15) is 14.7 Å². The molecule has 1 amide bonds. The Balaban J connectivity index is 2.08. The number of carbonyl (C=O) groups excluding carboxylic acids is 2. The molecule has 1 atom stereocenters. The zero-order valence-corrected chi connectivity index (χ0v) is 12.8. The van der Waals surface area contributed by atoms with Crippen LogP contribution in [-0.4, -0.2) is 40.8 Å². The smallest absolute Gasteiger partial charge is 0.307 e. The molecule has 1 fully saturated rings. The molecule has 1 aromatic carbocycles. The minimum absolute atomic E-state index is 0.0520. The Bertz CT molecular complexity index is 503. The molecule has 0 saturated carbocycles. The first-order valence-electron chi connectivity index (χ1n) is 6.97. The summed E-state index contributed by atoms with van der Waals surface area (Å²) >= 11 is 1.67. The van der Waals surface area contributed by atoms with Crippen LogP contribution in [0, 0.1) is 0 Å². The molecule has 0 bridgehead atoms. The number of amides is 1. The molecule has 5 nitrogen and oxygen atoms in total. The van der Waals surface area contributed by atoms with Crippen molar-refractivity contribution in [3.05, 3.63) is 29.8 Å². The molecule has 0 aliphatic carbocycles. The molecule has 1 saturated heterocycles. The van der Waals surface area contributed by atoms with Crippen LogP contribution in [0.2, 0.25) is 0 Å². The van der Waals surface area contributed by atoms with Crippen molar-refractivity contribution in [2.75, 3.05) is 18.9 Å². The van der Waals surface area contributed by atoms with E-state index in [-0.39, 0.29) is 29.4 Å². The fourth-order valence-electron chi connectivity index (χ4n) is 2.22. The molecule has 1 aliphatic heterocycles. The molecule has 1 unspecified atom stereocenters. The highest BCUT2D eigenvalue weighted by molar-refractivity contribution is 7.99. The van der Waals surface area contributed by atoms with E-state index in [4.69, 9.17) is 4.74 Å². The molecule has 1 aromatic rings. The average molecular weight is 309 g/mol. The minimum Gasteiger partial charge on any atom is -0.508 e. The van der Waals surface area contributed by atoms with E-state index in [0.717, 1.165) is 11.3 Å². The van der Waals surface area contributed by atoms with E-state index in [2.05, 4.69) is 0 Å². The second kappa shape index (κ2) is 7.36. The molecular weight excluding hydrogens is 290 g/mol. The van der Waals surface area contributed by atoms with Crippen LogP contribution in [0.4, 0.5) is 0 Å². The van der Waals surface area contributed by atoms with Gasteiger partial charge in [-0.2, -0.15) is 0 Å². The summed E-state index contributed by atoms with van der Waals surface area (Å²) in [7, 11) is 0. The van der Waals surface area contributed by atoms with Gasteiger partial charge in [0.15, 0.2) is 0 Å². The number of thioether (sulfide) groups is 1. The number of esters is 1. The number of phenols is 1. The standard InChI is InChI=1S/C15H19NO4S/c1-2-20-14(19)7-9-16-13(18)8-10-21-15(16)11-3-5-12(17)6-4-11/h3-6,15,17H,2,7-10H2,1H3. The Morgan fingerprint density at radius 3 is 2.81 bits per heavy atom. The molecule has 0 spiro atoms. The Hall–Kier alpha value is -1.69. The van der Waals surface area contributed by atoms with Gasteiger partial charge in [0.05, 0.1) is 13.0 Å². The van der Waals surface area contributed by atoms with Gasteiger partial charge in [-0.3, -0.25) is 9.59 Å². The maximum absolute atomic E-state index is 12.1. The number of benzene rings is 1. The van der Waals surface area contributed by atoms with Crippen LogP contribution in [-0.2, 0) is 14.3 Å². The molecule has 0 aromatic heterocycles. The predicted molar refractivity (Wildman–Crippen MR) is 80.9 cm³/mol. The predicted octanol–water partition coefficient (Wildman–Crippen LogP) is 2.31. The third-order valence-corrected chi connectivity index (χ3v) is 4.52. The van der Waals surface area contributed by atoms with Crippen LogP contribution >= 0.6 is 11.8 Å². The molecule has 6 heteroatoms. The van der Waals surface area contributed by atoms with Crippen molar-refractivity contribution in [3.8, 4) is 5.75 Å². The van der Waals surface area contributed by atoms with Crippen molar-refractivity contribution in [3.63, 3.8) is 0 Å². The summed E-state index contributed by atoms with van der Waals surface area (Å²) in [5.74, 6) is 0.728. The van der Waals surface area contributed by atoms with Gasteiger partial charge in [-0.1, -0.05) is 12.1 Å². The van der Waals surface area contributed by atoms with E-state index in [1.165, 1.54) is 0 Å². The minimum atomic E-state index is -0.287. The molecule has 1 heterocycles. The number of nitrogens with zero attached hydrogens (tertiary/aromatic N) is 1. The number of rotatable bonds is 5. The lowest BCUT2D eigenvalue weighted by molar-refractivity contribution is -0.144. The van der Waals surface area contributed by atoms with Gasteiger partial charge in [0.25, 0.3) is 0 Å². The van der Waals surface area contributed by atoms with Gasteiger partial charge in [-0.25, -0.2) is 0 Å². The summed E-state index contributed by atoms with van der Waals surface area (Å²) in [4.78, 5) is 25.3. The normalized spacial score (nSPS) is 18.6. The summed E-state index contributed by atoms with van der Waals surface area (Å²) in [6.45, 7) is 2.47. The first kappa shape index (κ1) is 15.7. The van der Waals surface area contributed by atoms with Crippen molar-refractivity contribution >= 4 is 23.6 Å². The van der Waals surface area contributed by atoms with Gasteiger partial charge in [0.1, 0.15) is 11.1 Å². The number of hydrogen-bond acceptors (Lipinski definition) is 5. The molecule has 1 aliphatic rings. The Kier molecular flexibility index (Phi) is 5.50. The van der Waals surface area contributed by atoms with Crippen LogP contribution in [0.1, 0.15) is 30.7 Å². The molecular formula is C15H19NO4S. The topological polar surface area (TPSA) is 66.8 Å². The quantitative estimate of drug-likeness (QED) is 0.845. The third kappa shape index (κ3) is 4.14. The highest BCUT2D eigenvalue weighted by atomic mass is 32.2. The highest BCUT2D eigenvalue weighted by Crippen LogP contribution is 2.37. The molecule has 2 rings (SSSR count). The van der Waals surface area contributed by atoms with E-state index >= 15 is 0 Å². The summed E-state index contributed by atoms with van der Waals surface area (Å²) in [6, 6.07) is 6.84. The fraction of sp³-hybridized carbons (Fsp3) is 0.467. The number of aromatic hydroxyl groups is 1. The molecule has 1 N–H and O–H groups in total. The molecule has 21 heavy (non-hydrogen) atoms. The van der Waals surface area contributed by atoms with Gasteiger partial charge in [-0.05, 0) is 24.6 Å². The van der Waals surface area contributed by atoms with Crippen molar-refractivity contribution < 1.29 is 19.4 Å². The lowest BCUT2D eigenvalue weighted by atomic mass is 10.2. The second-order valence-electron chi connectivity index (χ2n) is 4.71. The fourth-order valence-corrected chi connectivity index (χ4v) is 3.49. The maximum Gasteiger partial charge on any atom is 0.307 e. The molecule has 0 radical (unpaired) electrons. The van der Waals surface area contributed by atoms with Crippen molar-refractivity contribution in [2.45, 2.75) is 25.1 Å². The van der Waals surface area contributed by atoms with E-state index in [0.29, 0.717) is 19.6 Å². The van der Waals surface area contributed by atoms with Crippen LogP contribution in [0.3, 0.4) is 0 Å². The average Bonchev–Trinajstić information content (AvgIpc) is 2.47. The largest absolute Gasteiger partial charge is 0.508 e. The van der Waals surface area contributed by atoms with Crippen LogP contribution in [0.25, 0.3) is 0 Å². The van der Waals surface area contributed by atoms with E-state index < -0.39 is 0 Å². The van der Waals surface area contributed by atoms with E-state index in [1.54, 1.807) is 35.7 Å². The van der Waals surface area contributed by atoms with Gasteiger partial charge < -0.3 is 14.7 Å². The number of phenolic OH excluding ortho intramolecular Hbond substituents is 1. The lowest BCUT2D eigenvalue weighted by Gasteiger charge is -2.35. The SMILES string of the molecule is CCOC(=O)CCN1C(=O)CCSC1c1ccc(O)cc1. The van der Waals surface area contributed by atoms with E-state index in [1.807, 2.05) is 12.1 Å². The van der Waals surface area contributed by atoms with Crippen LogP contribution in [0.15, 0.2) is 24.3 Å². The van der Waals surface area contributed by atoms with Crippen molar-refractivity contribution in [2.24, 2.45) is 0 Å². The van der Waals surface area contributed by atoms with Gasteiger partial charge in [-0.15, -0.1) is 11.8 Å². The second-order valence-corrected chi connectivity index (χ2v) is 5.89. The van der Waals surface area contributed by atoms with Crippen molar-refractivity contribution in [1.82, 2.24) is 4.90 Å². The van der Waals surface area contributed by atoms with Gasteiger partial charge in [0, 0.05) is 18.7 Å². The van der Waals surface area contributed by atoms with Crippen molar-refractivity contribution in [1.29, 1.82) is 0 Å². The Morgan fingerprint density at radius 2 is 2.14 bits per heavy atom. The Morgan fingerprint density at radius 1 is 1.43 bits per heavy atom. The zero-order chi connectivity index (χ0) is 15.2. The maximum atomic E-state index is 12.1.